The highest BCUT2D eigenvalue weighted by atomic mass is 127. The van der Waals surface area contributed by atoms with Crippen LogP contribution in [-0.2, 0) is 6.54 Å². The lowest BCUT2D eigenvalue weighted by Crippen LogP contribution is -2.42. The third kappa shape index (κ3) is 8.64. The number of ether oxygens (including phenoxy) is 3. The second kappa shape index (κ2) is 11.4. The number of likely N-dealkylation sites (N-methyl/N-ethyl adjacent to an activating group) is 1. The molecule has 0 fully saturated rings. The molecule has 0 aromatic heterocycles. The van der Waals surface area contributed by atoms with Gasteiger partial charge in [-0.3, -0.25) is 9.89 Å². The van der Waals surface area contributed by atoms with Crippen LogP contribution in [0.1, 0.15) is 5.56 Å². The van der Waals surface area contributed by atoms with Crippen LogP contribution in [0, 0.1) is 0 Å². The Morgan fingerprint density at radius 2 is 1.90 bits per heavy atom. The Kier molecular flexibility index (Phi) is 9.95. The molecule has 1 aromatic carbocycles. The normalized spacial score (nSPS) is 13.5. The van der Waals surface area contributed by atoms with Crippen molar-refractivity contribution in [3.8, 4) is 17.2 Å². The van der Waals surface area contributed by atoms with Gasteiger partial charge in [0, 0.05) is 38.3 Å². The summed E-state index contributed by atoms with van der Waals surface area (Å²) in [6.45, 7) is -3.66. The predicted molar refractivity (Wildman–Crippen MR) is 106 cm³/mol. The SMILES string of the molecule is CN=C(NCCN(C)CC(F)(F)F)NCc1cc2c(cc1OC(F)F)OCO2.I. The molecule has 1 heterocycles. The van der Waals surface area contributed by atoms with Crippen molar-refractivity contribution in [2.45, 2.75) is 19.3 Å². The number of fused-ring (bicyclic) bond motifs is 1. The molecule has 1 aliphatic rings. The van der Waals surface area contributed by atoms with Crippen LogP contribution >= 0.6 is 24.0 Å². The zero-order valence-corrected chi connectivity index (χ0v) is 18.0. The van der Waals surface area contributed by atoms with E-state index < -0.39 is 19.3 Å². The lowest BCUT2D eigenvalue weighted by atomic mass is 10.1. The molecule has 1 aliphatic heterocycles. The Hall–Kier alpha value is -1.77. The van der Waals surface area contributed by atoms with Gasteiger partial charge in [0.05, 0.1) is 6.54 Å². The highest BCUT2D eigenvalue weighted by Crippen LogP contribution is 2.38. The second-order valence-electron chi connectivity index (χ2n) is 5.90. The highest BCUT2D eigenvalue weighted by Gasteiger charge is 2.28. The highest BCUT2D eigenvalue weighted by molar-refractivity contribution is 14.0. The van der Waals surface area contributed by atoms with Crippen molar-refractivity contribution in [2.24, 2.45) is 4.99 Å². The summed E-state index contributed by atoms with van der Waals surface area (Å²) in [5.74, 6) is 0.915. The zero-order chi connectivity index (χ0) is 20.7. The Morgan fingerprint density at radius 3 is 2.48 bits per heavy atom. The minimum Gasteiger partial charge on any atom is -0.454 e. The lowest BCUT2D eigenvalue weighted by molar-refractivity contribution is -0.142. The van der Waals surface area contributed by atoms with Gasteiger partial charge in [-0.1, -0.05) is 0 Å². The van der Waals surface area contributed by atoms with Crippen molar-refractivity contribution < 1.29 is 36.2 Å². The standard InChI is InChI=1S/C16H21F5N4O3.HI/c1-22-15(23-3-4-25(2)8-16(19,20)21)24-7-10-5-12-13(27-9-26-12)6-11(10)28-14(17)18;/h5-6,14H,3-4,7-9H2,1-2H3,(H2,22,23,24);1H. The number of nitrogens with zero attached hydrogens (tertiary/aromatic N) is 2. The average molecular weight is 540 g/mol. The first-order valence-electron chi connectivity index (χ1n) is 8.25. The van der Waals surface area contributed by atoms with Gasteiger partial charge in [0.1, 0.15) is 5.75 Å². The van der Waals surface area contributed by atoms with E-state index in [1.165, 1.54) is 26.2 Å². The Labute approximate surface area is 181 Å². The molecular formula is C16H22F5IN4O3. The fourth-order valence-electron chi connectivity index (χ4n) is 2.46. The summed E-state index contributed by atoms with van der Waals surface area (Å²) >= 11 is 0. The molecule has 0 amide bonds. The summed E-state index contributed by atoms with van der Waals surface area (Å²) < 4.78 is 77.1. The lowest BCUT2D eigenvalue weighted by Gasteiger charge is -2.20. The molecule has 29 heavy (non-hydrogen) atoms. The molecule has 2 rings (SSSR count). The molecule has 1 aromatic rings. The summed E-state index contributed by atoms with van der Waals surface area (Å²) in [6.07, 6.45) is -4.27. The summed E-state index contributed by atoms with van der Waals surface area (Å²) in [6, 6.07) is 2.82. The smallest absolute Gasteiger partial charge is 0.401 e. The number of aliphatic imine (C=N–C) groups is 1. The maximum Gasteiger partial charge on any atom is 0.401 e. The van der Waals surface area contributed by atoms with Gasteiger partial charge in [-0.15, -0.1) is 24.0 Å². The molecule has 0 aliphatic carbocycles. The number of alkyl halides is 5. The van der Waals surface area contributed by atoms with Crippen LogP contribution in [0.5, 0.6) is 17.2 Å². The van der Waals surface area contributed by atoms with E-state index in [-0.39, 0.29) is 56.2 Å². The van der Waals surface area contributed by atoms with Crippen LogP contribution in [0.3, 0.4) is 0 Å². The first-order valence-corrected chi connectivity index (χ1v) is 8.25. The van der Waals surface area contributed by atoms with Crippen LogP contribution in [0.15, 0.2) is 17.1 Å². The number of hydrogen-bond donors (Lipinski definition) is 2. The first-order chi connectivity index (χ1) is 13.2. The van der Waals surface area contributed by atoms with E-state index in [9.17, 15) is 22.0 Å². The monoisotopic (exact) mass is 540 g/mol. The summed E-state index contributed by atoms with van der Waals surface area (Å²) in [4.78, 5) is 5.06. The van der Waals surface area contributed by atoms with Gasteiger partial charge >= 0.3 is 12.8 Å². The van der Waals surface area contributed by atoms with Crippen molar-refractivity contribution in [1.29, 1.82) is 0 Å². The quantitative estimate of drug-likeness (QED) is 0.229. The molecule has 0 bridgehead atoms. The molecule has 0 spiro atoms. The topological polar surface area (TPSA) is 67.4 Å². The number of guanidine groups is 1. The fourth-order valence-corrected chi connectivity index (χ4v) is 2.46. The average Bonchev–Trinajstić information content (AvgIpc) is 3.02. The van der Waals surface area contributed by atoms with E-state index >= 15 is 0 Å². The van der Waals surface area contributed by atoms with Gasteiger partial charge in [0.25, 0.3) is 0 Å². The van der Waals surface area contributed by atoms with Gasteiger partial charge in [0.2, 0.25) is 6.79 Å². The van der Waals surface area contributed by atoms with E-state index in [1.807, 2.05) is 0 Å². The Balaban J connectivity index is 0.00000420. The molecule has 166 valence electrons. The number of nitrogens with one attached hydrogen (secondary N) is 2. The van der Waals surface area contributed by atoms with Crippen LogP contribution in [0.2, 0.25) is 0 Å². The van der Waals surface area contributed by atoms with E-state index in [2.05, 4.69) is 20.4 Å². The third-order valence-electron chi connectivity index (χ3n) is 3.68. The number of hydrogen-bond acceptors (Lipinski definition) is 5. The van der Waals surface area contributed by atoms with Crippen molar-refractivity contribution in [2.75, 3.05) is 40.5 Å². The maximum absolute atomic E-state index is 12.6. The van der Waals surface area contributed by atoms with Gasteiger partial charge in [-0.2, -0.15) is 22.0 Å². The van der Waals surface area contributed by atoms with E-state index in [0.717, 1.165) is 4.90 Å². The van der Waals surface area contributed by atoms with Gasteiger partial charge < -0.3 is 24.8 Å². The summed E-state index contributed by atoms with van der Waals surface area (Å²) in [7, 11) is 2.83. The van der Waals surface area contributed by atoms with Crippen molar-refractivity contribution in [3.63, 3.8) is 0 Å². The molecule has 13 heteroatoms. The van der Waals surface area contributed by atoms with Crippen LogP contribution in [0.4, 0.5) is 22.0 Å². The predicted octanol–water partition coefficient (Wildman–Crippen LogP) is 2.79. The van der Waals surface area contributed by atoms with Crippen LogP contribution in [0.25, 0.3) is 0 Å². The Bertz CT molecular complexity index is 691. The largest absolute Gasteiger partial charge is 0.454 e. The maximum atomic E-state index is 12.6. The molecular weight excluding hydrogens is 518 g/mol. The minimum atomic E-state index is -4.27. The molecule has 0 atom stereocenters. The van der Waals surface area contributed by atoms with Gasteiger partial charge in [-0.25, -0.2) is 0 Å². The number of halogens is 6. The molecule has 0 saturated carbocycles. The van der Waals surface area contributed by atoms with Crippen LogP contribution < -0.4 is 24.8 Å². The van der Waals surface area contributed by atoms with E-state index in [4.69, 9.17) is 9.47 Å². The van der Waals surface area contributed by atoms with E-state index in [0.29, 0.717) is 23.0 Å². The molecule has 0 radical (unpaired) electrons. The third-order valence-corrected chi connectivity index (χ3v) is 3.68. The molecule has 0 saturated heterocycles. The van der Waals surface area contributed by atoms with Crippen LogP contribution in [-0.4, -0.2) is 64.2 Å². The molecule has 7 nitrogen and oxygen atoms in total. The summed E-state index contributed by atoms with van der Waals surface area (Å²) in [5, 5.41) is 5.74. The van der Waals surface area contributed by atoms with E-state index in [1.54, 1.807) is 0 Å². The summed E-state index contributed by atoms with van der Waals surface area (Å²) in [5.41, 5.74) is 0.377. The van der Waals surface area contributed by atoms with Crippen molar-refractivity contribution in [1.82, 2.24) is 15.5 Å². The van der Waals surface area contributed by atoms with Crippen molar-refractivity contribution >= 4 is 29.9 Å². The second-order valence-corrected chi connectivity index (χ2v) is 5.90. The zero-order valence-electron chi connectivity index (χ0n) is 15.7. The van der Waals surface area contributed by atoms with Gasteiger partial charge in [0.15, 0.2) is 17.5 Å². The van der Waals surface area contributed by atoms with Gasteiger partial charge in [-0.05, 0) is 13.1 Å². The minimum absolute atomic E-state index is 0. The Morgan fingerprint density at radius 1 is 1.24 bits per heavy atom. The van der Waals surface area contributed by atoms with Crippen molar-refractivity contribution in [3.05, 3.63) is 17.7 Å². The number of rotatable bonds is 8. The fraction of sp³-hybridized carbons (Fsp3) is 0.562. The molecule has 0 unspecified atom stereocenters. The number of benzene rings is 1. The molecule has 2 N–H and O–H groups in total. The first kappa shape index (κ1) is 25.3.